The molecule has 6 heteroatoms. The van der Waals surface area contributed by atoms with Crippen molar-refractivity contribution >= 4 is 39.5 Å². The van der Waals surface area contributed by atoms with Gasteiger partial charge in [-0.15, -0.1) is 11.8 Å². The Morgan fingerprint density at radius 3 is 2.23 bits per heavy atom. The Bertz CT molecular complexity index is 1070. The molecule has 0 saturated carbocycles. The van der Waals surface area contributed by atoms with Gasteiger partial charge in [-0.25, -0.2) is 0 Å². The van der Waals surface area contributed by atoms with E-state index in [4.69, 9.17) is 0 Å². The highest BCUT2D eigenvalue weighted by molar-refractivity contribution is 9.10. The van der Waals surface area contributed by atoms with Crippen LogP contribution in [0.15, 0.2) is 83.3 Å². The second kappa shape index (κ2) is 14.1. The van der Waals surface area contributed by atoms with Crippen molar-refractivity contribution in [2.75, 3.05) is 12.3 Å². The fourth-order valence-electron chi connectivity index (χ4n) is 3.73. The zero-order chi connectivity index (χ0) is 25.0. The zero-order valence-electron chi connectivity index (χ0n) is 20.4. The van der Waals surface area contributed by atoms with E-state index >= 15 is 0 Å². The molecule has 3 rings (SSSR count). The van der Waals surface area contributed by atoms with Crippen LogP contribution in [0.2, 0.25) is 0 Å². The molecule has 3 aromatic carbocycles. The molecule has 3 aromatic rings. The number of carbonyl (C=O) groups is 2. The van der Waals surface area contributed by atoms with E-state index in [0.717, 1.165) is 27.8 Å². The minimum Gasteiger partial charge on any atom is -0.354 e. The molecule has 0 aliphatic heterocycles. The van der Waals surface area contributed by atoms with Gasteiger partial charge >= 0.3 is 0 Å². The summed E-state index contributed by atoms with van der Waals surface area (Å²) in [5.41, 5.74) is 4.43. The van der Waals surface area contributed by atoms with Crippen molar-refractivity contribution in [1.29, 1.82) is 0 Å². The van der Waals surface area contributed by atoms with Crippen LogP contribution >= 0.6 is 27.7 Å². The van der Waals surface area contributed by atoms with E-state index in [-0.39, 0.29) is 11.8 Å². The molecule has 0 heterocycles. The van der Waals surface area contributed by atoms with Gasteiger partial charge in [0.15, 0.2) is 0 Å². The molecule has 0 radical (unpaired) electrons. The van der Waals surface area contributed by atoms with Crippen LogP contribution in [-0.4, -0.2) is 35.1 Å². The van der Waals surface area contributed by atoms with Crippen LogP contribution in [0.25, 0.3) is 0 Å². The third-order valence-corrected chi connectivity index (χ3v) is 7.22. The van der Waals surface area contributed by atoms with Gasteiger partial charge < -0.3 is 10.2 Å². The average molecular weight is 554 g/mol. The maximum absolute atomic E-state index is 13.6. The Morgan fingerprint density at radius 1 is 0.914 bits per heavy atom. The maximum Gasteiger partial charge on any atom is 0.243 e. The number of hydrogen-bond acceptors (Lipinski definition) is 3. The van der Waals surface area contributed by atoms with Gasteiger partial charge in [0.05, 0.1) is 5.75 Å². The lowest BCUT2D eigenvalue weighted by molar-refractivity contribution is -0.139. The van der Waals surface area contributed by atoms with Crippen molar-refractivity contribution in [3.05, 3.63) is 106 Å². The van der Waals surface area contributed by atoms with Gasteiger partial charge in [0, 0.05) is 29.7 Å². The summed E-state index contributed by atoms with van der Waals surface area (Å²) in [6.45, 7) is 5.07. The summed E-state index contributed by atoms with van der Waals surface area (Å²) in [7, 11) is 0. The molecule has 0 aromatic heterocycles. The first-order valence-electron chi connectivity index (χ1n) is 11.9. The molecule has 0 saturated heterocycles. The molecular weight excluding hydrogens is 520 g/mol. The minimum absolute atomic E-state index is 0.0300. The highest BCUT2D eigenvalue weighted by Crippen LogP contribution is 2.20. The van der Waals surface area contributed by atoms with Gasteiger partial charge in [-0.2, -0.15) is 0 Å². The third-order valence-electron chi connectivity index (χ3n) is 5.70. The van der Waals surface area contributed by atoms with E-state index in [1.165, 1.54) is 11.1 Å². The second-order valence-electron chi connectivity index (χ2n) is 8.62. The molecule has 35 heavy (non-hydrogen) atoms. The Hall–Kier alpha value is -2.57. The van der Waals surface area contributed by atoms with Crippen molar-refractivity contribution in [3.8, 4) is 0 Å². The summed E-state index contributed by atoms with van der Waals surface area (Å²) >= 11 is 5.06. The summed E-state index contributed by atoms with van der Waals surface area (Å²) < 4.78 is 0.981. The van der Waals surface area contributed by atoms with Gasteiger partial charge in [-0.1, -0.05) is 95.1 Å². The van der Waals surface area contributed by atoms with Gasteiger partial charge in [-0.3, -0.25) is 9.59 Å². The molecule has 184 valence electrons. The summed E-state index contributed by atoms with van der Waals surface area (Å²) in [6.07, 6.45) is 1.32. The topological polar surface area (TPSA) is 49.4 Å². The first-order valence-corrected chi connectivity index (χ1v) is 13.9. The van der Waals surface area contributed by atoms with Crippen LogP contribution in [0, 0.1) is 6.92 Å². The van der Waals surface area contributed by atoms with Gasteiger partial charge in [0.25, 0.3) is 0 Å². The van der Waals surface area contributed by atoms with E-state index in [2.05, 4.69) is 52.4 Å². The third kappa shape index (κ3) is 8.86. The Kier molecular flexibility index (Phi) is 10.9. The van der Waals surface area contributed by atoms with Crippen LogP contribution in [0.1, 0.15) is 35.6 Å². The monoisotopic (exact) mass is 552 g/mol. The van der Waals surface area contributed by atoms with E-state index in [1.807, 2.05) is 61.5 Å². The number of thioether (sulfide) groups is 1. The smallest absolute Gasteiger partial charge is 0.243 e. The van der Waals surface area contributed by atoms with Crippen LogP contribution in [0.4, 0.5) is 0 Å². The Morgan fingerprint density at radius 2 is 1.57 bits per heavy atom. The lowest BCUT2D eigenvalue weighted by atomic mass is 10.0. The first-order chi connectivity index (χ1) is 17.0. The van der Waals surface area contributed by atoms with Gasteiger partial charge in [0.1, 0.15) is 6.04 Å². The lowest BCUT2D eigenvalue weighted by Crippen LogP contribution is -2.51. The largest absolute Gasteiger partial charge is 0.354 e. The number of rotatable bonds is 12. The highest BCUT2D eigenvalue weighted by Gasteiger charge is 2.30. The van der Waals surface area contributed by atoms with Gasteiger partial charge in [0.2, 0.25) is 11.8 Å². The van der Waals surface area contributed by atoms with Crippen molar-refractivity contribution in [2.24, 2.45) is 0 Å². The van der Waals surface area contributed by atoms with E-state index in [0.29, 0.717) is 25.3 Å². The fraction of sp³-hybridized carbons (Fsp3) is 0.310. The molecule has 0 unspecified atom stereocenters. The van der Waals surface area contributed by atoms with Crippen molar-refractivity contribution in [3.63, 3.8) is 0 Å². The van der Waals surface area contributed by atoms with Crippen molar-refractivity contribution in [1.82, 2.24) is 10.2 Å². The number of amides is 2. The Balaban J connectivity index is 1.81. The number of aryl methyl sites for hydroxylation is 1. The SMILES string of the molecule is CCCNC(=O)[C@H](Cc1ccccc1)N(Cc1ccc(Br)cc1)C(=O)CSCc1ccc(C)cc1. The molecule has 0 bridgehead atoms. The predicted octanol–water partition coefficient (Wildman–Crippen LogP) is 6.16. The van der Waals surface area contributed by atoms with Crippen LogP contribution in [-0.2, 0) is 28.3 Å². The number of nitrogens with one attached hydrogen (secondary N) is 1. The summed E-state index contributed by atoms with van der Waals surface area (Å²) in [5.74, 6) is 0.933. The quantitative estimate of drug-likeness (QED) is 0.293. The molecule has 0 fully saturated rings. The van der Waals surface area contributed by atoms with E-state index in [1.54, 1.807) is 16.7 Å². The fourth-order valence-corrected chi connectivity index (χ4v) is 4.86. The maximum atomic E-state index is 13.6. The van der Waals surface area contributed by atoms with Gasteiger partial charge in [-0.05, 0) is 42.2 Å². The highest BCUT2D eigenvalue weighted by atomic mass is 79.9. The number of nitrogens with zero attached hydrogens (tertiary/aromatic N) is 1. The molecule has 1 atom stereocenters. The molecule has 0 aliphatic carbocycles. The van der Waals surface area contributed by atoms with E-state index < -0.39 is 6.04 Å². The standard InChI is InChI=1S/C29H33BrN2O2S/c1-3-17-31-29(34)27(18-23-7-5-4-6-8-23)32(19-24-13-15-26(30)16-14-24)28(33)21-35-20-25-11-9-22(2)10-12-25/h4-16,27H,3,17-21H2,1-2H3,(H,31,34)/t27-/m0/s1. The Labute approximate surface area is 221 Å². The second-order valence-corrected chi connectivity index (χ2v) is 10.5. The van der Waals surface area contributed by atoms with Crippen LogP contribution in [0.5, 0.6) is 0 Å². The summed E-state index contributed by atoms with van der Waals surface area (Å²) in [6, 6.07) is 25.6. The number of carbonyl (C=O) groups excluding carboxylic acids is 2. The molecule has 4 nitrogen and oxygen atoms in total. The number of benzene rings is 3. The molecule has 1 N–H and O–H groups in total. The summed E-state index contributed by atoms with van der Waals surface area (Å²) in [4.78, 5) is 28.6. The normalized spacial score (nSPS) is 11.6. The predicted molar refractivity (Wildman–Crippen MR) is 149 cm³/mol. The molecule has 0 spiro atoms. The van der Waals surface area contributed by atoms with Crippen LogP contribution in [0.3, 0.4) is 0 Å². The number of halogens is 1. The zero-order valence-corrected chi connectivity index (χ0v) is 22.8. The molecular formula is C29H33BrN2O2S. The average Bonchev–Trinajstić information content (AvgIpc) is 2.87. The lowest BCUT2D eigenvalue weighted by Gasteiger charge is -2.31. The minimum atomic E-state index is -0.583. The first kappa shape index (κ1) is 27.0. The van der Waals surface area contributed by atoms with Crippen molar-refractivity contribution < 1.29 is 9.59 Å². The van der Waals surface area contributed by atoms with Crippen molar-refractivity contribution in [2.45, 2.75) is 45.0 Å². The van der Waals surface area contributed by atoms with Crippen LogP contribution < -0.4 is 5.32 Å². The molecule has 2 amide bonds. The molecule has 0 aliphatic rings. The summed E-state index contributed by atoms with van der Waals surface area (Å²) in [5, 5.41) is 3.02. The number of hydrogen-bond donors (Lipinski definition) is 1. The van der Waals surface area contributed by atoms with E-state index in [9.17, 15) is 9.59 Å².